The van der Waals surface area contributed by atoms with Crippen LogP contribution in [0.25, 0.3) is 11.1 Å². The first kappa shape index (κ1) is 30.9. The molecule has 2 aliphatic rings. The van der Waals surface area contributed by atoms with Gasteiger partial charge in [-0.05, 0) is 101 Å². The van der Waals surface area contributed by atoms with Crippen molar-refractivity contribution in [3.63, 3.8) is 0 Å². The Balaban J connectivity index is 0.000000172. The van der Waals surface area contributed by atoms with Crippen LogP contribution in [0.3, 0.4) is 0 Å². The maximum absolute atomic E-state index is 12.1. The van der Waals surface area contributed by atoms with Crippen LogP contribution in [-0.4, -0.2) is 26.3 Å². The summed E-state index contributed by atoms with van der Waals surface area (Å²) in [5.74, 6) is 0.105. The molecule has 0 bridgehead atoms. The van der Waals surface area contributed by atoms with Gasteiger partial charge in [0.05, 0.1) is 0 Å². The van der Waals surface area contributed by atoms with Crippen LogP contribution < -0.4 is 16.2 Å². The van der Waals surface area contributed by atoms with E-state index in [2.05, 4.69) is 38.8 Å². The summed E-state index contributed by atoms with van der Waals surface area (Å²) < 4.78 is 1.61. The summed E-state index contributed by atoms with van der Waals surface area (Å²) in [5.41, 5.74) is 11.2. The zero-order valence-electron chi connectivity index (χ0n) is 25.8. The number of hydrogen-bond acceptors (Lipinski definition) is 5. The summed E-state index contributed by atoms with van der Waals surface area (Å²) in [6.45, 7) is 1.83. The highest BCUT2D eigenvalue weighted by Gasteiger charge is 2.20. The standard InChI is InChI=1S/C22H21N3O2.C15H13ClN2O/c1-14-8-18(13-25(2)22(14)27)19-11-20-16(5-6-21(26)24-20)10-17(19)9-15-4-3-7-23-12-15;16-13-8-14-11(3-4-15(19)18-14)7-12(13)6-10-2-1-5-17-9-10/h3-4,7-8,10-13H,5-6,9H2,1-2H3,(H,24,26);1-2,5,7-9H,3-4,6H2,(H,18,19). The number of nitrogens with one attached hydrogen (secondary N) is 2. The Bertz CT molecular complexity index is 1960. The molecule has 46 heavy (non-hydrogen) atoms. The fraction of sp³-hybridized carbons (Fsp3) is 0.216. The molecule has 0 fully saturated rings. The number of aryl methyl sites for hydroxylation is 4. The second-order valence-corrected chi connectivity index (χ2v) is 12.2. The van der Waals surface area contributed by atoms with Gasteiger partial charge in [-0.25, -0.2) is 0 Å². The molecule has 0 spiro atoms. The topological polar surface area (TPSA) is 106 Å². The third kappa shape index (κ3) is 7.08. The van der Waals surface area contributed by atoms with Crippen molar-refractivity contribution in [3.05, 3.63) is 140 Å². The molecule has 232 valence electrons. The van der Waals surface area contributed by atoms with Crippen LogP contribution in [-0.2, 0) is 42.3 Å². The minimum atomic E-state index is -0.00109. The molecule has 3 aromatic heterocycles. The number of halogens is 1. The normalized spacial score (nSPS) is 13.5. The zero-order valence-corrected chi connectivity index (χ0v) is 26.5. The maximum Gasteiger partial charge on any atom is 0.253 e. The molecule has 7 rings (SSSR count). The number of aromatic nitrogens is 3. The maximum atomic E-state index is 12.1. The number of rotatable bonds is 5. The molecule has 2 amide bonds. The number of hydrogen-bond donors (Lipinski definition) is 2. The minimum Gasteiger partial charge on any atom is -0.326 e. The fourth-order valence-electron chi connectivity index (χ4n) is 5.95. The van der Waals surface area contributed by atoms with Crippen molar-refractivity contribution in [1.82, 2.24) is 14.5 Å². The van der Waals surface area contributed by atoms with E-state index in [1.54, 1.807) is 24.0 Å². The number of fused-ring (bicyclic) bond motifs is 2. The highest BCUT2D eigenvalue weighted by Crippen LogP contribution is 2.34. The van der Waals surface area contributed by atoms with E-state index in [9.17, 15) is 14.4 Å². The van der Waals surface area contributed by atoms with Gasteiger partial charge in [0.2, 0.25) is 11.8 Å². The van der Waals surface area contributed by atoms with Gasteiger partial charge in [0.15, 0.2) is 0 Å². The Morgan fingerprint density at radius 2 is 1.33 bits per heavy atom. The van der Waals surface area contributed by atoms with Crippen molar-refractivity contribution in [1.29, 1.82) is 0 Å². The van der Waals surface area contributed by atoms with Gasteiger partial charge in [0.25, 0.3) is 5.56 Å². The van der Waals surface area contributed by atoms with E-state index in [0.717, 1.165) is 81.6 Å². The summed E-state index contributed by atoms with van der Waals surface area (Å²) >= 11 is 6.29. The predicted molar refractivity (Wildman–Crippen MR) is 181 cm³/mol. The number of pyridine rings is 3. The van der Waals surface area contributed by atoms with Crippen LogP contribution in [0, 0.1) is 6.92 Å². The summed E-state index contributed by atoms with van der Waals surface area (Å²) in [4.78, 5) is 43.6. The smallest absolute Gasteiger partial charge is 0.253 e. The second kappa shape index (κ2) is 13.5. The Morgan fingerprint density at radius 3 is 1.89 bits per heavy atom. The van der Waals surface area contributed by atoms with Crippen LogP contribution >= 0.6 is 11.6 Å². The van der Waals surface area contributed by atoms with E-state index in [-0.39, 0.29) is 17.4 Å². The molecular formula is C37H34ClN5O3. The van der Waals surface area contributed by atoms with E-state index in [1.165, 1.54) is 0 Å². The van der Waals surface area contributed by atoms with Gasteiger partial charge >= 0.3 is 0 Å². The van der Waals surface area contributed by atoms with E-state index in [0.29, 0.717) is 23.4 Å². The molecule has 8 nitrogen and oxygen atoms in total. The molecule has 0 unspecified atom stereocenters. The number of anilines is 2. The van der Waals surface area contributed by atoms with Crippen molar-refractivity contribution < 1.29 is 9.59 Å². The number of amides is 2. The number of nitrogens with zero attached hydrogens (tertiary/aromatic N) is 3. The van der Waals surface area contributed by atoms with Crippen LogP contribution in [0.2, 0.25) is 5.02 Å². The van der Waals surface area contributed by atoms with Gasteiger partial charge in [-0.1, -0.05) is 35.9 Å². The molecule has 5 heterocycles. The Labute approximate surface area is 272 Å². The van der Waals surface area contributed by atoms with E-state index in [4.69, 9.17) is 11.6 Å². The molecule has 0 atom stereocenters. The van der Waals surface area contributed by atoms with Gasteiger partial charge in [0.1, 0.15) is 0 Å². The van der Waals surface area contributed by atoms with Crippen LogP contribution in [0.5, 0.6) is 0 Å². The van der Waals surface area contributed by atoms with Crippen molar-refractivity contribution in [2.24, 2.45) is 7.05 Å². The molecule has 0 aliphatic carbocycles. The lowest BCUT2D eigenvalue weighted by atomic mass is 9.90. The Hall–Kier alpha value is -5.08. The Morgan fingerprint density at radius 1 is 0.761 bits per heavy atom. The van der Waals surface area contributed by atoms with E-state index >= 15 is 0 Å². The second-order valence-electron chi connectivity index (χ2n) is 11.8. The molecule has 0 saturated carbocycles. The SMILES string of the molecule is Cc1cc(-c2cc3c(cc2Cc2cccnc2)CCC(=O)N3)cn(C)c1=O.O=C1CCc2cc(Cc3cccnc3)c(Cl)cc2N1. The molecule has 2 aromatic carbocycles. The van der Waals surface area contributed by atoms with Crippen LogP contribution in [0.1, 0.15) is 51.8 Å². The molecule has 9 heteroatoms. The average molecular weight is 632 g/mol. The molecular weight excluding hydrogens is 598 g/mol. The molecule has 2 N–H and O–H groups in total. The van der Waals surface area contributed by atoms with Gasteiger partial charge < -0.3 is 15.2 Å². The van der Waals surface area contributed by atoms with Crippen molar-refractivity contribution in [3.8, 4) is 11.1 Å². The molecule has 0 saturated heterocycles. The van der Waals surface area contributed by atoms with Crippen LogP contribution in [0.15, 0.2) is 90.4 Å². The third-order valence-corrected chi connectivity index (χ3v) is 8.65. The summed E-state index contributed by atoms with van der Waals surface area (Å²) in [6.07, 6.45) is 13.2. The third-order valence-electron chi connectivity index (χ3n) is 8.30. The first-order valence-electron chi connectivity index (χ1n) is 15.3. The number of benzene rings is 2. The molecule has 5 aromatic rings. The minimum absolute atomic E-state index is 0.00109. The predicted octanol–water partition coefficient (Wildman–Crippen LogP) is 6.44. The molecule has 2 aliphatic heterocycles. The highest BCUT2D eigenvalue weighted by molar-refractivity contribution is 6.31. The zero-order chi connectivity index (χ0) is 32.2. The lowest BCUT2D eigenvalue weighted by molar-refractivity contribution is -0.117. The van der Waals surface area contributed by atoms with Gasteiger partial charge in [0, 0.05) is 79.3 Å². The lowest BCUT2D eigenvalue weighted by Crippen LogP contribution is -2.20. The van der Waals surface area contributed by atoms with Crippen LogP contribution in [0.4, 0.5) is 11.4 Å². The highest BCUT2D eigenvalue weighted by atomic mass is 35.5. The number of carbonyl (C=O) groups is 2. The largest absolute Gasteiger partial charge is 0.326 e. The Kier molecular flexibility index (Phi) is 9.08. The monoisotopic (exact) mass is 631 g/mol. The van der Waals surface area contributed by atoms with Crippen molar-refractivity contribution in [2.75, 3.05) is 10.6 Å². The van der Waals surface area contributed by atoms with Gasteiger partial charge in [-0.15, -0.1) is 0 Å². The van der Waals surface area contributed by atoms with E-state index < -0.39 is 0 Å². The summed E-state index contributed by atoms with van der Waals surface area (Å²) in [7, 11) is 1.76. The quantitative estimate of drug-likeness (QED) is 0.232. The van der Waals surface area contributed by atoms with Gasteiger partial charge in [-0.3, -0.25) is 24.4 Å². The van der Waals surface area contributed by atoms with Crippen molar-refractivity contribution in [2.45, 2.75) is 45.4 Å². The first-order chi connectivity index (χ1) is 22.2. The average Bonchev–Trinajstić information content (AvgIpc) is 3.05. The van der Waals surface area contributed by atoms with E-state index in [1.807, 2.05) is 61.9 Å². The van der Waals surface area contributed by atoms with Gasteiger partial charge in [-0.2, -0.15) is 0 Å². The first-order valence-corrected chi connectivity index (χ1v) is 15.6. The number of carbonyl (C=O) groups excluding carboxylic acids is 2. The molecule has 0 radical (unpaired) electrons. The summed E-state index contributed by atoms with van der Waals surface area (Å²) in [5, 5.41) is 6.52. The lowest BCUT2D eigenvalue weighted by Gasteiger charge is -2.21. The summed E-state index contributed by atoms with van der Waals surface area (Å²) in [6, 6.07) is 18.0. The fourth-order valence-corrected chi connectivity index (χ4v) is 6.18. The van der Waals surface area contributed by atoms with Crippen molar-refractivity contribution >= 4 is 34.8 Å².